The highest BCUT2D eigenvalue weighted by Crippen LogP contribution is 2.32. The lowest BCUT2D eigenvalue weighted by atomic mass is 10.0. The topological polar surface area (TPSA) is 38.7 Å². The summed E-state index contributed by atoms with van der Waals surface area (Å²) in [6.07, 6.45) is 0. The molecule has 4 heteroatoms. The molecule has 3 nitrogen and oxygen atoms in total. The molecule has 0 amide bonds. The van der Waals surface area contributed by atoms with Gasteiger partial charge >= 0.3 is 0 Å². The maximum Gasteiger partial charge on any atom is 0.164 e. The van der Waals surface area contributed by atoms with E-state index in [9.17, 15) is 0 Å². The van der Waals surface area contributed by atoms with Gasteiger partial charge in [0.25, 0.3) is 0 Å². The highest BCUT2D eigenvalue weighted by Gasteiger charge is 2.37. The molecule has 1 aliphatic rings. The maximum atomic E-state index is 4.91. The average Bonchev–Trinajstić information content (AvgIpc) is 3.11. The Morgan fingerprint density at radius 3 is 1.55 bits per heavy atom. The van der Waals surface area contributed by atoms with Gasteiger partial charge in [-0.05, 0) is 27.6 Å². The SMILES string of the molecule is C[Si]1(C)c2ccccc2-c2cc(-c3nc(-c4ccccc4)nc(-c4ccccc4)n3)ccc21. The van der Waals surface area contributed by atoms with Crippen LogP contribution in [0.5, 0.6) is 0 Å². The number of fused-ring (bicyclic) bond motifs is 3. The van der Waals surface area contributed by atoms with Gasteiger partial charge in [0.2, 0.25) is 0 Å². The zero-order valence-corrected chi connectivity index (χ0v) is 19.7. The Morgan fingerprint density at radius 2 is 0.939 bits per heavy atom. The second-order valence-electron chi connectivity index (χ2n) is 8.97. The molecule has 4 aromatic carbocycles. The Labute approximate surface area is 194 Å². The number of rotatable bonds is 3. The van der Waals surface area contributed by atoms with Gasteiger partial charge in [-0.3, -0.25) is 0 Å². The Hall–Kier alpha value is -3.89. The molecule has 0 atom stereocenters. The lowest BCUT2D eigenvalue weighted by Gasteiger charge is -2.18. The summed E-state index contributed by atoms with van der Waals surface area (Å²) in [6, 6.07) is 35.8. The summed E-state index contributed by atoms with van der Waals surface area (Å²) in [6.45, 7) is 4.86. The number of benzene rings is 4. The van der Waals surface area contributed by atoms with Gasteiger partial charge in [-0.25, -0.2) is 15.0 Å². The Morgan fingerprint density at radius 1 is 0.455 bits per heavy atom. The van der Waals surface area contributed by atoms with E-state index in [4.69, 9.17) is 15.0 Å². The van der Waals surface area contributed by atoms with Gasteiger partial charge in [-0.15, -0.1) is 0 Å². The smallest absolute Gasteiger partial charge is 0.164 e. The van der Waals surface area contributed by atoms with Crippen LogP contribution in [0.15, 0.2) is 103 Å². The first kappa shape index (κ1) is 19.8. The molecule has 5 aromatic rings. The molecule has 0 bridgehead atoms. The van der Waals surface area contributed by atoms with Crippen molar-refractivity contribution in [1.29, 1.82) is 0 Å². The van der Waals surface area contributed by atoms with Crippen molar-refractivity contribution in [3.8, 4) is 45.3 Å². The van der Waals surface area contributed by atoms with Crippen LogP contribution in [0.4, 0.5) is 0 Å². The normalized spacial score (nSPS) is 13.4. The summed E-state index contributed by atoms with van der Waals surface area (Å²) in [5.41, 5.74) is 5.66. The summed E-state index contributed by atoms with van der Waals surface area (Å²) in [5, 5.41) is 2.98. The van der Waals surface area contributed by atoms with Crippen LogP contribution in [-0.2, 0) is 0 Å². The first-order valence-electron chi connectivity index (χ1n) is 11.2. The predicted molar refractivity (Wildman–Crippen MR) is 138 cm³/mol. The van der Waals surface area contributed by atoms with Crippen molar-refractivity contribution in [2.24, 2.45) is 0 Å². The molecule has 1 aromatic heterocycles. The maximum absolute atomic E-state index is 4.91. The van der Waals surface area contributed by atoms with Crippen molar-refractivity contribution in [2.75, 3.05) is 0 Å². The standard InChI is InChI=1S/C29H23N3Si/c1-33(2)25-16-10-9-15-23(25)24-19-22(17-18-26(24)33)29-31-27(20-11-5-3-6-12-20)30-28(32-29)21-13-7-4-8-14-21/h3-19H,1-2H3. The molecular weight excluding hydrogens is 418 g/mol. The minimum absolute atomic E-state index is 0.690. The average molecular weight is 442 g/mol. The quantitative estimate of drug-likeness (QED) is 0.338. The molecule has 0 spiro atoms. The van der Waals surface area contributed by atoms with Crippen molar-refractivity contribution in [1.82, 2.24) is 15.0 Å². The predicted octanol–water partition coefficient (Wildman–Crippen LogP) is 5.68. The monoisotopic (exact) mass is 441 g/mol. The first-order valence-corrected chi connectivity index (χ1v) is 14.2. The van der Waals surface area contributed by atoms with Crippen LogP contribution >= 0.6 is 0 Å². The summed E-state index contributed by atoms with van der Waals surface area (Å²) < 4.78 is 0. The summed E-state index contributed by atoms with van der Waals surface area (Å²) in [5.74, 6) is 2.08. The van der Waals surface area contributed by atoms with Gasteiger partial charge in [0.15, 0.2) is 17.5 Å². The van der Waals surface area contributed by atoms with E-state index in [1.54, 1.807) is 0 Å². The molecule has 33 heavy (non-hydrogen) atoms. The van der Waals surface area contributed by atoms with Gasteiger partial charge < -0.3 is 0 Å². The van der Waals surface area contributed by atoms with Gasteiger partial charge in [0.05, 0.1) is 0 Å². The van der Waals surface area contributed by atoms with E-state index in [0.29, 0.717) is 17.5 Å². The van der Waals surface area contributed by atoms with Crippen molar-refractivity contribution < 1.29 is 0 Å². The van der Waals surface area contributed by atoms with Crippen LogP contribution in [0, 0.1) is 0 Å². The van der Waals surface area contributed by atoms with Crippen LogP contribution in [0.25, 0.3) is 45.3 Å². The first-order chi connectivity index (χ1) is 16.1. The minimum Gasteiger partial charge on any atom is -0.208 e. The fourth-order valence-corrected chi connectivity index (χ4v) is 7.87. The highest BCUT2D eigenvalue weighted by atomic mass is 28.3. The fraction of sp³-hybridized carbons (Fsp3) is 0.0690. The van der Waals surface area contributed by atoms with E-state index < -0.39 is 8.07 Å². The van der Waals surface area contributed by atoms with Gasteiger partial charge in [0, 0.05) is 16.7 Å². The molecule has 0 saturated carbocycles. The molecule has 0 saturated heterocycles. The Balaban J connectivity index is 1.55. The lowest BCUT2D eigenvalue weighted by Crippen LogP contribution is -2.49. The molecular formula is C29H23N3Si. The van der Waals surface area contributed by atoms with E-state index >= 15 is 0 Å². The molecule has 0 fully saturated rings. The van der Waals surface area contributed by atoms with E-state index in [1.807, 2.05) is 60.7 Å². The fourth-order valence-electron chi connectivity index (χ4n) is 4.80. The summed E-state index contributed by atoms with van der Waals surface area (Å²) in [7, 11) is -1.69. The van der Waals surface area contributed by atoms with Crippen molar-refractivity contribution in [2.45, 2.75) is 13.1 Å². The van der Waals surface area contributed by atoms with Crippen LogP contribution < -0.4 is 10.4 Å². The molecule has 2 heterocycles. The van der Waals surface area contributed by atoms with Gasteiger partial charge in [-0.1, -0.05) is 110 Å². The molecule has 0 radical (unpaired) electrons. The van der Waals surface area contributed by atoms with Crippen LogP contribution in [0.1, 0.15) is 0 Å². The van der Waals surface area contributed by atoms with Crippen LogP contribution in [-0.4, -0.2) is 23.0 Å². The largest absolute Gasteiger partial charge is 0.208 e. The molecule has 0 aliphatic carbocycles. The van der Waals surface area contributed by atoms with Gasteiger partial charge in [-0.2, -0.15) is 0 Å². The van der Waals surface area contributed by atoms with Crippen LogP contribution in [0.2, 0.25) is 13.1 Å². The van der Waals surface area contributed by atoms with Crippen molar-refractivity contribution in [3.05, 3.63) is 103 Å². The van der Waals surface area contributed by atoms with Crippen molar-refractivity contribution >= 4 is 18.4 Å². The Bertz CT molecular complexity index is 1420. The summed E-state index contributed by atoms with van der Waals surface area (Å²) in [4.78, 5) is 14.6. The number of hydrogen-bond donors (Lipinski definition) is 0. The minimum atomic E-state index is -1.69. The number of nitrogens with zero attached hydrogens (tertiary/aromatic N) is 3. The molecule has 158 valence electrons. The highest BCUT2D eigenvalue weighted by molar-refractivity contribution is 7.03. The second-order valence-corrected chi connectivity index (χ2v) is 13.3. The molecule has 1 aliphatic heterocycles. The third-order valence-electron chi connectivity index (χ3n) is 6.54. The number of hydrogen-bond acceptors (Lipinski definition) is 3. The molecule has 6 rings (SSSR count). The third-order valence-corrected chi connectivity index (χ3v) is 10.1. The zero-order chi connectivity index (χ0) is 22.4. The number of aromatic nitrogens is 3. The van der Waals surface area contributed by atoms with E-state index in [0.717, 1.165) is 16.7 Å². The van der Waals surface area contributed by atoms with E-state index in [2.05, 4.69) is 55.6 Å². The molecule has 0 N–H and O–H groups in total. The second kappa shape index (κ2) is 7.61. The lowest BCUT2D eigenvalue weighted by molar-refractivity contribution is 1.07. The van der Waals surface area contributed by atoms with E-state index in [-0.39, 0.29) is 0 Å². The third kappa shape index (κ3) is 3.31. The van der Waals surface area contributed by atoms with Crippen molar-refractivity contribution in [3.63, 3.8) is 0 Å². The summed E-state index contributed by atoms with van der Waals surface area (Å²) >= 11 is 0. The van der Waals surface area contributed by atoms with Crippen LogP contribution in [0.3, 0.4) is 0 Å². The molecule has 0 unspecified atom stereocenters. The van der Waals surface area contributed by atoms with E-state index in [1.165, 1.54) is 21.5 Å². The zero-order valence-electron chi connectivity index (χ0n) is 18.7. The Kier molecular flexibility index (Phi) is 4.56. The van der Waals surface area contributed by atoms with Gasteiger partial charge in [0.1, 0.15) is 8.07 Å².